The molecule has 0 atom stereocenters. The van der Waals surface area contributed by atoms with Gasteiger partial charge in [0.25, 0.3) is 0 Å². The van der Waals surface area contributed by atoms with E-state index in [4.69, 9.17) is 26.4 Å². The molecule has 0 radical (unpaired) electrons. The van der Waals surface area contributed by atoms with Crippen molar-refractivity contribution in [2.45, 2.75) is 19.6 Å². The van der Waals surface area contributed by atoms with E-state index in [1.807, 2.05) is 18.2 Å². The van der Waals surface area contributed by atoms with Gasteiger partial charge in [0.05, 0.1) is 13.2 Å². The van der Waals surface area contributed by atoms with Gasteiger partial charge in [-0.15, -0.1) is 0 Å². The summed E-state index contributed by atoms with van der Waals surface area (Å²) in [6.07, 6.45) is 0. The number of quaternary nitrogens is 1. The summed E-state index contributed by atoms with van der Waals surface area (Å²) in [5.41, 5.74) is 3.75. The van der Waals surface area contributed by atoms with Crippen molar-refractivity contribution in [3.63, 3.8) is 0 Å². The third kappa shape index (κ3) is 4.92. The van der Waals surface area contributed by atoms with Crippen molar-refractivity contribution in [1.82, 2.24) is 10.6 Å². The summed E-state index contributed by atoms with van der Waals surface area (Å²) >= 11 is 5.46. The van der Waals surface area contributed by atoms with Crippen molar-refractivity contribution in [2.75, 3.05) is 33.1 Å². The van der Waals surface area contributed by atoms with E-state index in [0.717, 1.165) is 49.9 Å². The number of nitrogens with one attached hydrogen (secondary N) is 3. The molecule has 4 rings (SSSR count). The quantitative estimate of drug-likeness (QED) is 0.629. The van der Waals surface area contributed by atoms with Gasteiger partial charge in [-0.2, -0.15) is 0 Å². The Hall–Kier alpha value is -2.35. The SMILES string of the molecule is S=C(NCc1ccc2c(c1)OCO2)NCc1ccccc1C[NH+]1CCOCC1. The number of hydrogen-bond donors (Lipinski definition) is 3. The highest BCUT2D eigenvalue weighted by Crippen LogP contribution is 2.32. The molecular formula is C21H26N3O3S+. The van der Waals surface area contributed by atoms with Crippen molar-refractivity contribution >= 4 is 17.3 Å². The summed E-state index contributed by atoms with van der Waals surface area (Å²) in [4.78, 5) is 1.57. The molecular weight excluding hydrogens is 374 g/mol. The van der Waals surface area contributed by atoms with Crippen LogP contribution in [0.5, 0.6) is 11.5 Å². The molecule has 0 unspecified atom stereocenters. The first-order valence-corrected chi connectivity index (χ1v) is 10.1. The number of thiocarbonyl (C=S) groups is 1. The molecule has 6 nitrogen and oxygen atoms in total. The lowest BCUT2D eigenvalue weighted by molar-refractivity contribution is -0.921. The molecule has 2 aliphatic rings. The van der Waals surface area contributed by atoms with Crippen LogP contribution in [0.4, 0.5) is 0 Å². The van der Waals surface area contributed by atoms with E-state index in [0.29, 0.717) is 18.2 Å². The van der Waals surface area contributed by atoms with E-state index in [1.54, 1.807) is 4.90 Å². The fourth-order valence-corrected chi connectivity index (χ4v) is 3.62. The summed E-state index contributed by atoms with van der Waals surface area (Å²) in [7, 11) is 0. The van der Waals surface area contributed by atoms with Gasteiger partial charge in [-0.3, -0.25) is 0 Å². The number of ether oxygens (including phenoxy) is 3. The third-order valence-electron chi connectivity index (χ3n) is 5.09. The van der Waals surface area contributed by atoms with Crippen LogP contribution in [0.15, 0.2) is 42.5 Å². The lowest BCUT2D eigenvalue weighted by atomic mass is 10.1. The van der Waals surface area contributed by atoms with Crippen LogP contribution in [0.3, 0.4) is 0 Å². The highest BCUT2D eigenvalue weighted by molar-refractivity contribution is 7.80. The summed E-state index contributed by atoms with van der Waals surface area (Å²) < 4.78 is 16.2. The second-order valence-electron chi connectivity index (χ2n) is 7.03. The molecule has 0 bridgehead atoms. The van der Waals surface area contributed by atoms with Gasteiger partial charge in [-0.25, -0.2) is 0 Å². The van der Waals surface area contributed by atoms with Crippen LogP contribution in [0.1, 0.15) is 16.7 Å². The standard InChI is InChI=1S/C21H25N3O3S/c28-21(22-12-16-5-6-19-20(11-16)27-15-26-19)23-13-17-3-1-2-4-18(17)14-24-7-9-25-10-8-24/h1-6,11H,7-10,12-15H2,(H2,22,23,28)/p+1. The van der Waals surface area contributed by atoms with E-state index in [2.05, 4.69) is 34.9 Å². The fourth-order valence-electron chi connectivity index (χ4n) is 3.48. The first-order valence-electron chi connectivity index (χ1n) is 9.66. The van der Waals surface area contributed by atoms with Crippen LogP contribution in [0.25, 0.3) is 0 Å². The Morgan fingerprint density at radius 2 is 1.68 bits per heavy atom. The Kier molecular flexibility index (Phi) is 6.26. The molecule has 148 valence electrons. The zero-order valence-electron chi connectivity index (χ0n) is 15.8. The molecule has 2 heterocycles. The van der Waals surface area contributed by atoms with Gasteiger partial charge in [0.2, 0.25) is 6.79 Å². The number of fused-ring (bicyclic) bond motifs is 1. The highest BCUT2D eigenvalue weighted by Gasteiger charge is 2.16. The summed E-state index contributed by atoms with van der Waals surface area (Å²) in [6.45, 7) is 6.51. The summed E-state index contributed by atoms with van der Waals surface area (Å²) in [6, 6.07) is 14.5. The van der Waals surface area contributed by atoms with Crippen LogP contribution in [-0.2, 0) is 24.4 Å². The second kappa shape index (κ2) is 9.23. The zero-order valence-corrected chi connectivity index (χ0v) is 16.6. The van der Waals surface area contributed by atoms with Gasteiger partial charge >= 0.3 is 0 Å². The molecule has 0 aliphatic carbocycles. The van der Waals surface area contributed by atoms with Gasteiger partial charge in [0.15, 0.2) is 16.6 Å². The normalized spacial score (nSPS) is 16.0. The molecule has 28 heavy (non-hydrogen) atoms. The Bertz CT molecular complexity index is 824. The van der Waals surface area contributed by atoms with Crippen molar-refractivity contribution in [3.05, 3.63) is 59.2 Å². The van der Waals surface area contributed by atoms with Crippen molar-refractivity contribution in [2.24, 2.45) is 0 Å². The molecule has 3 N–H and O–H groups in total. The lowest BCUT2D eigenvalue weighted by Gasteiger charge is -2.24. The Morgan fingerprint density at radius 3 is 2.54 bits per heavy atom. The molecule has 0 aromatic heterocycles. The van der Waals surface area contributed by atoms with Gasteiger partial charge in [-0.1, -0.05) is 30.3 Å². The lowest BCUT2D eigenvalue weighted by Crippen LogP contribution is -3.12. The van der Waals surface area contributed by atoms with Crippen molar-refractivity contribution in [1.29, 1.82) is 0 Å². The molecule has 0 saturated carbocycles. The highest BCUT2D eigenvalue weighted by atomic mass is 32.1. The van der Waals surface area contributed by atoms with Crippen LogP contribution >= 0.6 is 12.2 Å². The fraction of sp³-hybridized carbons (Fsp3) is 0.381. The Balaban J connectivity index is 1.27. The van der Waals surface area contributed by atoms with Crippen LogP contribution in [0, 0.1) is 0 Å². The van der Waals surface area contributed by atoms with E-state index in [-0.39, 0.29) is 6.79 Å². The second-order valence-corrected chi connectivity index (χ2v) is 7.44. The predicted molar refractivity (Wildman–Crippen MR) is 111 cm³/mol. The van der Waals surface area contributed by atoms with E-state index in [1.165, 1.54) is 11.1 Å². The van der Waals surface area contributed by atoms with Crippen molar-refractivity contribution in [3.8, 4) is 11.5 Å². The first kappa shape index (κ1) is 19.0. The molecule has 0 spiro atoms. The zero-order chi connectivity index (χ0) is 19.2. The topological polar surface area (TPSA) is 56.2 Å². The van der Waals surface area contributed by atoms with Crippen LogP contribution in [-0.4, -0.2) is 38.2 Å². The summed E-state index contributed by atoms with van der Waals surface area (Å²) in [5.74, 6) is 1.58. The van der Waals surface area contributed by atoms with E-state index >= 15 is 0 Å². The molecule has 2 aromatic rings. The molecule has 7 heteroatoms. The summed E-state index contributed by atoms with van der Waals surface area (Å²) in [5, 5.41) is 7.24. The molecule has 1 saturated heterocycles. The Morgan fingerprint density at radius 1 is 0.929 bits per heavy atom. The smallest absolute Gasteiger partial charge is 0.231 e. The Labute approximate surface area is 170 Å². The average Bonchev–Trinajstić information content (AvgIpc) is 3.20. The van der Waals surface area contributed by atoms with Crippen LogP contribution in [0.2, 0.25) is 0 Å². The van der Waals surface area contributed by atoms with Crippen molar-refractivity contribution < 1.29 is 19.1 Å². The number of rotatable bonds is 6. The minimum absolute atomic E-state index is 0.289. The van der Waals surface area contributed by atoms with Gasteiger partial charge in [-0.05, 0) is 35.5 Å². The number of benzene rings is 2. The largest absolute Gasteiger partial charge is 0.454 e. The molecule has 2 aromatic carbocycles. The first-order chi connectivity index (χ1) is 13.8. The number of hydrogen-bond acceptors (Lipinski definition) is 4. The maximum absolute atomic E-state index is 5.46. The monoisotopic (exact) mass is 400 g/mol. The van der Waals surface area contributed by atoms with E-state index < -0.39 is 0 Å². The third-order valence-corrected chi connectivity index (χ3v) is 5.38. The van der Waals surface area contributed by atoms with Gasteiger partial charge in [0, 0.05) is 18.7 Å². The molecule has 0 amide bonds. The van der Waals surface area contributed by atoms with Gasteiger partial charge < -0.3 is 29.7 Å². The number of morpholine rings is 1. The predicted octanol–water partition coefficient (Wildman–Crippen LogP) is 0.995. The molecule has 1 fully saturated rings. The van der Waals surface area contributed by atoms with Crippen LogP contribution < -0.4 is 25.0 Å². The average molecular weight is 401 g/mol. The van der Waals surface area contributed by atoms with E-state index in [9.17, 15) is 0 Å². The minimum Gasteiger partial charge on any atom is -0.454 e. The maximum atomic E-state index is 5.46. The minimum atomic E-state index is 0.289. The maximum Gasteiger partial charge on any atom is 0.231 e. The molecule has 2 aliphatic heterocycles. The van der Waals surface area contributed by atoms with Gasteiger partial charge in [0.1, 0.15) is 19.6 Å².